The zero-order valence-electron chi connectivity index (χ0n) is 16.6. The second kappa shape index (κ2) is 6.74. The number of nitrogens with one attached hydrogen (secondary N) is 1. The number of hydrogen-bond donors (Lipinski definition) is 1. The molecule has 0 bridgehead atoms. The molecule has 1 unspecified atom stereocenters. The van der Waals surface area contributed by atoms with Crippen molar-refractivity contribution in [3.8, 4) is 0 Å². The number of rotatable bonds is 4. The Morgan fingerprint density at radius 2 is 2.04 bits per heavy atom. The third-order valence-electron chi connectivity index (χ3n) is 5.56. The number of likely N-dealkylation sites (N-methyl/N-ethyl adjacent to an activating group) is 1. The van der Waals surface area contributed by atoms with Gasteiger partial charge in [-0.05, 0) is 32.0 Å². The summed E-state index contributed by atoms with van der Waals surface area (Å²) in [5.41, 5.74) is 0.679. The van der Waals surface area contributed by atoms with Crippen LogP contribution in [0.1, 0.15) is 45.9 Å². The molecule has 2 aliphatic rings. The highest BCUT2D eigenvalue weighted by atomic mass is 16.1. The van der Waals surface area contributed by atoms with Gasteiger partial charge in [-0.1, -0.05) is 20.8 Å². The SMILES string of the molecule is CN(CC1CCCC(=O)N1)C1CN(c2ccc3nnc(C(C)(C)C)n3n2)C1. The molecule has 0 radical (unpaired) electrons. The maximum Gasteiger partial charge on any atom is 0.220 e. The highest BCUT2D eigenvalue weighted by Crippen LogP contribution is 2.25. The maximum absolute atomic E-state index is 11.6. The highest BCUT2D eigenvalue weighted by molar-refractivity contribution is 5.76. The molecule has 0 aliphatic carbocycles. The molecule has 8 nitrogen and oxygen atoms in total. The zero-order chi connectivity index (χ0) is 19.2. The minimum Gasteiger partial charge on any atom is -0.352 e. The van der Waals surface area contributed by atoms with E-state index >= 15 is 0 Å². The number of nitrogens with zero attached hydrogens (tertiary/aromatic N) is 6. The average Bonchev–Trinajstić information content (AvgIpc) is 2.97. The Labute approximate surface area is 159 Å². The topological polar surface area (TPSA) is 78.7 Å². The molecule has 146 valence electrons. The fourth-order valence-electron chi connectivity index (χ4n) is 3.85. The first-order valence-corrected chi connectivity index (χ1v) is 9.79. The van der Waals surface area contributed by atoms with E-state index in [-0.39, 0.29) is 17.4 Å². The van der Waals surface area contributed by atoms with Crippen LogP contribution < -0.4 is 10.2 Å². The van der Waals surface area contributed by atoms with Crippen LogP contribution >= 0.6 is 0 Å². The van der Waals surface area contributed by atoms with Crippen LogP contribution in [0.15, 0.2) is 12.1 Å². The van der Waals surface area contributed by atoms with Gasteiger partial charge in [-0.25, -0.2) is 0 Å². The standard InChI is InChI=1S/C19H29N7O/c1-19(2,3)18-22-21-15-8-9-16(23-26(15)18)25-11-14(12-25)24(4)10-13-6-5-7-17(27)20-13/h8-9,13-14H,5-7,10-12H2,1-4H3,(H,20,27). The lowest BCUT2D eigenvalue weighted by Gasteiger charge is -2.45. The van der Waals surface area contributed by atoms with Gasteiger partial charge < -0.3 is 10.2 Å². The second-order valence-electron chi connectivity index (χ2n) is 8.89. The van der Waals surface area contributed by atoms with E-state index in [9.17, 15) is 4.79 Å². The monoisotopic (exact) mass is 371 g/mol. The maximum atomic E-state index is 11.6. The summed E-state index contributed by atoms with van der Waals surface area (Å²) in [5.74, 6) is 2.03. The lowest BCUT2D eigenvalue weighted by atomic mass is 9.96. The van der Waals surface area contributed by atoms with Crippen LogP contribution in [0, 0.1) is 0 Å². The highest BCUT2D eigenvalue weighted by Gasteiger charge is 2.33. The Bertz CT molecular complexity index is 834. The molecule has 1 N–H and O–H groups in total. The molecule has 2 saturated heterocycles. The fraction of sp³-hybridized carbons (Fsp3) is 0.684. The van der Waals surface area contributed by atoms with Gasteiger partial charge in [0, 0.05) is 43.6 Å². The van der Waals surface area contributed by atoms with Crippen LogP contribution in [0.4, 0.5) is 5.82 Å². The van der Waals surface area contributed by atoms with Crippen molar-refractivity contribution in [3.63, 3.8) is 0 Å². The lowest BCUT2D eigenvalue weighted by Crippen LogP contribution is -2.61. The molecule has 2 aromatic rings. The summed E-state index contributed by atoms with van der Waals surface area (Å²) in [7, 11) is 2.15. The van der Waals surface area contributed by atoms with Crippen molar-refractivity contribution < 1.29 is 4.79 Å². The number of piperidine rings is 1. The van der Waals surface area contributed by atoms with Gasteiger partial charge in [-0.3, -0.25) is 9.69 Å². The van der Waals surface area contributed by atoms with Crippen LogP contribution in [0.25, 0.3) is 5.65 Å². The van der Waals surface area contributed by atoms with Gasteiger partial charge in [-0.2, -0.15) is 4.52 Å². The molecule has 2 fully saturated rings. The molecule has 0 spiro atoms. The third kappa shape index (κ3) is 3.63. The second-order valence-corrected chi connectivity index (χ2v) is 8.89. The predicted octanol–water partition coefficient (Wildman–Crippen LogP) is 1.21. The van der Waals surface area contributed by atoms with Crippen LogP contribution in [-0.4, -0.2) is 69.4 Å². The van der Waals surface area contributed by atoms with Gasteiger partial charge in [-0.15, -0.1) is 15.3 Å². The summed E-state index contributed by atoms with van der Waals surface area (Å²) < 4.78 is 1.87. The van der Waals surface area contributed by atoms with E-state index in [1.54, 1.807) is 0 Å². The van der Waals surface area contributed by atoms with Crippen molar-refractivity contribution in [1.82, 2.24) is 30.0 Å². The molecule has 0 aromatic carbocycles. The summed E-state index contributed by atoms with van der Waals surface area (Å²) in [6, 6.07) is 4.78. The fourth-order valence-corrected chi connectivity index (χ4v) is 3.85. The first-order chi connectivity index (χ1) is 12.8. The molecule has 4 heterocycles. The Kier molecular flexibility index (Phi) is 4.53. The van der Waals surface area contributed by atoms with Crippen molar-refractivity contribution in [2.75, 3.05) is 31.6 Å². The van der Waals surface area contributed by atoms with Gasteiger partial charge in [0.15, 0.2) is 11.5 Å². The van der Waals surface area contributed by atoms with Crippen LogP contribution in [0.5, 0.6) is 0 Å². The summed E-state index contributed by atoms with van der Waals surface area (Å²) in [6.45, 7) is 9.17. The van der Waals surface area contributed by atoms with Crippen molar-refractivity contribution >= 4 is 17.4 Å². The molecule has 1 atom stereocenters. The number of hydrogen-bond acceptors (Lipinski definition) is 6. The van der Waals surface area contributed by atoms with Crippen LogP contribution in [0.2, 0.25) is 0 Å². The van der Waals surface area contributed by atoms with Crippen molar-refractivity contribution in [2.24, 2.45) is 0 Å². The van der Waals surface area contributed by atoms with E-state index in [0.29, 0.717) is 12.5 Å². The summed E-state index contributed by atoms with van der Waals surface area (Å²) in [6.07, 6.45) is 2.75. The predicted molar refractivity (Wildman–Crippen MR) is 104 cm³/mol. The van der Waals surface area contributed by atoms with Crippen LogP contribution in [0.3, 0.4) is 0 Å². The summed E-state index contributed by atoms with van der Waals surface area (Å²) in [4.78, 5) is 16.2. The Morgan fingerprint density at radius 3 is 2.74 bits per heavy atom. The Hall–Kier alpha value is -2.22. The summed E-state index contributed by atoms with van der Waals surface area (Å²) in [5, 5.41) is 16.4. The number of aromatic nitrogens is 4. The van der Waals surface area contributed by atoms with Gasteiger partial charge in [0.25, 0.3) is 0 Å². The van der Waals surface area contributed by atoms with E-state index < -0.39 is 0 Å². The van der Waals surface area contributed by atoms with Gasteiger partial charge in [0.05, 0.1) is 0 Å². The molecule has 0 saturated carbocycles. The van der Waals surface area contributed by atoms with Crippen LogP contribution in [-0.2, 0) is 10.2 Å². The molecule has 8 heteroatoms. The van der Waals surface area contributed by atoms with E-state index in [2.05, 4.69) is 53.1 Å². The Balaban J connectivity index is 1.39. The average molecular weight is 371 g/mol. The molecule has 27 heavy (non-hydrogen) atoms. The van der Waals surface area contributed by atoms with Gasteiger partial charge in [0.2, 0.25) is 5.91 Å². The van der Waals surface area contributed by atoms with Crippen molar-refractivity contribution in [3.05, 3.63) is 18.0 Å². The van der Waals surface area contributed by atoms with E-state index in [1.807, 2.05) is 16.6 Å². The molecular weight excluding hydrogens is 342 g/mol. The number of anilines is 1. The Morgan fingerprint density at radius 1 is 1.26 bits per heavy atom. The minimum absolute atomic E-state index is 0.104. The zero-order valence-corrected chi connectivity index (χ0v) is 16.6. The molecule has 2 aliphatic heterocycles. The quantitative estimate of drug-likeness (QED) is 0.870. The summed E-state index contributed by atoms with van der Waals surface area (Å²) >= 11 is 0. The van der Waals surface area contributed by atoms with Gasteiger partial charge >= 0.3 is 0 Å². The van der Waals surface area contributed by atoms with E-state index in [1.165, 1.54) is 0 Å². The molecule has 1 amide bonds. The van der Waals surface area contributed by atoms with Gasteiger partial charge in [0.1, 0.15) is 5.82 Å². The first-order valence-electron chi connectivity index (χ1n) is 9.79. The number of carbonyl (C=O) groups is 1. The lowest BCUT2D eigenvalue weighted by molar-refractivity contribution is -0.123. The van der Waals surface area contributed by atoms with E-state index in [0.717, 1.165) is 49.8 Å². The molecule has 2 aromatic heterocycles. The number of carbonyl (C=O) groups excluding carboxylic acids is 1. The van der Waals surface area contributed by atoms with Crippen molar-refractivity contribution in [1.29, 1.82) is 0 Å². The number of amides is 1. The first kappa shape index (κ1) is 18.2. The largest absolute Gasteiger partial charge is 0.352 e. The van der Waals surface area contributed by atoms with E-state index in [4.69, 9.17) is 5.10 Å². The van der Waals surface area contributed by atoms with Crippen molar-refractivity contribution in [2.45, 2.75) is 57.5 Å². The molecule has 4 rings (SSSR count). The normalized spacial score (nSPS) is 21.6. The third-order valence-corrected chi connectivity index (χ3v) is 5.56. The molecular formula is C19H29N7O. The smallest absolute Gasteiger partial charge is 0.220 e. The number of fused-ring (bicyclic) bond motifs is 1. The minimum atomic E-state index is -0.104.